The van der Waals surface area contributed by atoms with E-state index in [2.05, 4.69) is 26.5 Å². The first-order chi connectivity index (χ1) is 12.5. The predicted molar refractivity (Wildman–Crippen MR) is 107 cm³/mol. The monoisotopic (exact) mass is 418 g/mol. The van der Waals surface area contributed by atoms with E-state index in [1.54, 1.807) is 6.21 Å². The summed E-state index contributed by atoms with van der Waals surface area (Å²) >= 11 is 3.42. The van der Waals surface area contributed by atoms with Crippen LogP contribution in [0.2, 0.25) is 0 Å². The Morgan fingerprint density at radius 1 is 1.15 bits per heavy atom. The molecule has 2 rings (SSSR count). The Hall–Kier alpha value is -2.34. The van der Waals surface area contributed by atoms with Crippen molar-refractivity contribution in [3.05, 3.63) is 57.6 Å². The number of amides is 1. The molecule has 6 heteroatoms. The van der Waals surface area contributed by atoms with Gasteiger partial charge in [0, 0.05) is 10.0 Å². The molecule has 2 aromatic carbocycles. The maximum absolute atomic E-state index is 11.9. The number of ether oxygens (including phenoxy) is 2. The third kappa shape index (κ3) is 6.19. The van der Waals surface area contributed by atoms with E-state index in [9.17, 15) is 4.79 Å². The zero-order chi connectivity index (χ0) is 18.9. The highest BCUT2D eigenvalue weighted by molar-refractivity contribution is 9.10. The minimum atomic E-state index is -0.326. The number of carbonyl (C=O) groups is 1. The molecule has 0 atom stereocenters. The fraction of sp³-hybridized carbons (Fsp3) is 0.300. The van der Waals surface area contributed by atoms with Crippen LogP contribution in [0.15, 0.2) is 46.0 Å². The van der Waals surface area contributed by atoms with Crippen molar-refractivity contribution in [1.82, 2.24) is 5.43 Å². The first-order valence-electron chi connectivity index (χ1n) is 8.44. The van der Waals surface area contributed by atoms with Gasteiger partial charge in [-0.1, -0.05) is 35.0 Å². The maximum atomic E-state index is 11.9. The molecule has 5 nitrogen and oxygen atoms in total. The Bertz CT molecular complexity index is 791. The number of hydrogen-bond acceptors (Lipinski definition) is 4. The maximum Gasteiger partial charge on any atom is 0.277 e. The number of carbonyl (C=O) groups excluding carboxylic acids is 1. The molecule has 138 valence electrons. The van der Waals surface area contributed by atoms with E-state index >= 15 is 0 Å². The van der Waals surface area contributed by atoms with Crippen molar-refractivity contribution in [2.24, 2.45) is 5.10 Å². The van der Waals surface area contributed by atoms with Crippen LogP contribution >= 0.6 is 15.9 Å². The van der Waals surface area contributed by atoms with E-state index in [-0.39, 0.29) is 12.5 Å². The number of benzene rings is 2. The zero-order valence-corrected chi connectivity index (χ0v) is 16.8. The first kappa shape index (κ1) is 20.0. The van der Waals surface area contributed by atoms with Gasteiger partial charge < -0.3 is 9.47 Å². The van der Waals surface area contributed by atoms with Gasteiger partial charge in [-0.2, -0.15) is 5.10 Å². The number of rotatable bonds is 8. The Morgan fingerprint density at radius 2 is 1.96 bits per heavy atom. The third-order valence-electron chi connectivity index (χ3n) is 3.53. The van der Waals surface area contributed by atoms with Gasteiger partial charge in [-0.15, -0.1) is 0 Å². The van der Waals surface area contributed by atoms with E-state index in [0.717, 1.165) is 33.3 Å². The summed E-state index contributed by atoms with van der Waals surface area (Å²) in [5, 5.41) is 4.00. The van der Waals surface area contributed by atoms with Gasteiger partial charge in [0.05, 0.1) is 12.8 Å². The normalized spacial score (nSPS) is 10.8. The van der Waals surface area contributed by atoms with Gasteiger partial charge in [-0.3, -0.25) is 4.79 Å². The van der Waals surface area contributed by atoms with Crippen LogP contribution in [0.25, 0.3) is 0 Å². The average Bonchev–Trinajstić information content (AvgIpc) is 2.62. The molecule has 0 saturated heterocycles. The lowest BCUT2D eigenvalue weighted by Crippen LogP contribution is -2.24. The summed E-state index contributed by atoms with van der Waals surface area (Å²) in [6, 6.07) is 11.5. The quantitative estimate of drug-likeness (QED) is 0.510. The largest absolute Gasteiger partial charge is 0.493 e. The van der Waals surface area contributed by atoms with Gasteiger partial charge in [0.1, 0.15) is 11.5 Å². The van der Waals surface area contributed by atoms with Crippen molar-refractivity contribution in [2.75, 3.05) is 13.2 Å². The fourth-order valence-electron chi connectivity index (χ4n) is 2.18. The van der Waals surface area contributed by atoms with Crippen LogP contribution in [0.5, 0.6) is 11.5 Å². The molecule has 1 amide bonds. The van der Waals surface area contributed by atoms with Gasteiger partial charge in [-0.25, -0.2) is 5.43 Å². The zero-order valence-electron chi connectivity index (χ0n) is 15.2. The van der Waals surface area contributed by atoms with Crippen LogP contribution in [-0.4, -0.2) is 25.3 Å². The number of nitrogens with one attached hydrogen (secondary N) is 1. The van der Waals surface area contributed by atoms with Crippen LogP contribution < -0.4 is 14.9 Å². The number of aryl methyl sites for hydroxylation is 2. The second kappa shape index (κ2) is 9.97. The molecule has 0 heterocycles. The van der Waals surface area contributed by atoms with Crippen molar-refractivity contribution in [2.45, 2.75) is 27.2 Å². The molecule has 0 aliphatic heterocycles. The Balaban J connectivity index is 1.92. The van der Waals surface area contributed by atoms with Crippen molar-refractivity contribution < 1.29 is 14.3 Å². The first-order valence-corrected chi connectivity index (χ1v) is 9.23. The van der Waals surface area contributed by atoms with Crippen LogP contribution in [0.1, 0.15) is 30.0 Å². The number of hydrazone groups is 1. The third-order valence-corrected chi connectivity index (χ3v) is 4.02. The number of halogens is 1. The summed E-state index contributed by atoms with van der Waals surface area (Å²) in [6.45, 7) is 6.49. The number of hydrogen-bond donors (Lipinski definition) is 1. The van der Waals surface area contributed by atoms with Gasteiger partial charge in [0.15, 0.2) is 6.61 Å². The SMILES string of the molecule is CCCOc1ccc(Br)cc1/C=N/NC(=O)COc1cc(C)ccc1C. The summed E-state index contributed by atoms with van der Waals surface area (Å²) in [7, 11) is 0. The predicted octanol–water partition coefficient (Wildman–Crippen LogP) is 4.38. The number of nitrogens with zero attached hydrogens (tertiary/aromatic N) is 1. The van der Waals surface area contributed by atoms with Crippen molar-refractivity contribution >= 4 is 28.1 Å². The standard InChI is InChI=1S/C20H23BrN2O3/c1-4-9-25-18-8-7-17(21)11-16(18)12-22-23-20(24)13-26-19-10-14(2)5-6-15(19)3/h5-8,10-12H,4,9,13H2,1-3H3,(H,23,24)/b22-12+. The molecule has 0 spiro atoms. The van der Waals surface area contributed by atoms with Crippen molar-refractivity contribution in [3.8, 4) is 11.5 Å². The molecule has 0 aliphatic carbocycles. The minimum absolute atomic E-state index is 0.0979. The van der Waals surface area contributed by atoms with Gasteiger partial charge >= 0.3 is 0 Å². The molecular weight excluding hydrogens is 396 g/mol. The highest BCUT2D eigenvalue weighted by atomic mass is 79.9. The molecule has 0 aromatic heterocycles. The topological polar surface area (TPSA) is 59.9 Å². The van der Waals surface area contributed by atoms with E-state index in [1.165, 1.54) is 0 Å². The highest BCUT2D eigenvalue weighted by Crippen LogP contribution is 2.22. The molecular formula is C20H23BrN2O3. The molecule has 0 unspecified atom stereocenters. The molecule has 2 aromatic rings. The Labute approximate surface area is 162 Å². The molecule has 0 fully saturated rings. The lowest BCUT2D eigenvalue weighted by molar-refractivity contribution is -0.123. The fourth-order valence-corrected chi connectivity index (χ4v) is 2.55. The van der Waals surface area contributed by atoms with Crippen LogP contribution in [0.4, 0.5) is 0 Å². The van der Waals surface area contributed by atoms with E-state index in [4.69, 9.17) is 9.47 Å². The summed E-state index contributed by atoms with van der Waals surface area (Å²) in [5.41, 5.74) is 5.32. The van der Waals surface area contributed by atoms with Gasteiger partial charge in [0.25, 0.3) is 5.91 Å². The lowest BCUT2D eigenvalue weighted by Gasteiger charge is -2.09. The Kier molecular flexibility index (Phi) is 7.66. The van der Waals surface area contributed by atoms with Crippen molar-refractivity contribution in [3.63, 3.8) is 0 Å². The summed E-state index contributed by atoms with van der Waals surface area (Å²) < 4.78 is 12.1. The lowest BCUT2D eigenvalue weighted by atomic mass is 10.1. The van der Waals surface area contributed by atoms with Crippen LogP contribution in [-0.2, 0) is 4.79 Å². The Morgan fingerprint density at radius 3 is 2.73 bits per heavy atom. The second-order valence-electron chi connectivity index (χ2n) is 5.88. The summed E-state index contributed by atoms with van der Waals surface area (Å²) in [6.07, 6.45) is 2.48. The second-order valence-corrected chi connectivity index (χ2v) is 6.80. The average molecular weight is 419 g/mol. The summed E-state index contributed by atoms with van der Waals surface area (Å²) in [5.74, 6) is 1.10. The minimum Gasteiger partial charge on any atom is -0.493 e. The van der Waals surface area contributed by atoms with Gasteiger partial charge in [-0.05, 0) is 55.7 Å². The van der Waals surface area contributed by atoms with Crippen LogP contribution in [0.3, 0.4) is 0 Å². The summed E-state index contributed by atoms with van der Waals surface area (Å²) in [4.78, 5) is 11.9. The molecule has 1 N–H and O–H groups in total. The molecule has 26 heavy (non-hydrogen) atoms. The van der Waals surface area contributed by atoms with E-state index < -0.39 is 0 Å². The molecule has 0 bridgehead atoms. The van der Waals surface area contributed by atoms with Crippen molar-refractivity contribution in [1.29, 1.82) is 0 Å². The molecule has 0 saturated carbocycles. The van der Waals surface area contributed by atoms with E-state index in [1.807, 2.05) is 57.2 Å². The molecule has 0 radical (unpaired) electrons. The molecule has 0 aliphatic rings. The van der Waals surface area contributed by atoms with E-state index in [0.29, 0.717) is 12.4 Å². The van der Waals surface area contributed by atoms with Gasteiger partial charge in [0.2, 0.25) is 0 Å². The van der Waals surface area contributed by atoms with Crippen LogP contribution in [0, 0.1) is 13.8 Å². The smallest absolute Gasteiger partial charge is 0.277 e. The highest BCUT2D eigenvalue weighted by Gasteiger charge is 2.05.